The Morgan fingerprint density at radius 3 is 1.55 bits per heavy atom. The zero-order chi connectivity index (χ0) is 49.8. The molecule has 2 aromatic heterocycles. The quantitative estimate of drug-likeness (QED) is 0.0694. The Hall–Kier alpha value is -3.85. The van der Waals surface area contributed by atoms with Gasteiger partial charge in [0.15, 0.2) is 0 Å². The molecule has 4 aliphatic rings. The van der Waals surface area contributed by atoms with Gasteiger partial charge in [-0.2, -0.15) is 0 Å². The SMILES string of the molecule is CCN(CC)C(=O)Cl.CCN(CC)C(=O)NC(CCOC1CC(CCc2ccc3c(n2)CCCC3)C1)C(=O)OC.COC(=O)C(N)CCOC1CC(CCc2ccc3c(n2)CCCC3)C1.[2H]CC. The third kappa shape index (κ3) is 20.0. The lowest BCUT2D eigenvalue weighted by Crippen LogP contribution is -2.48. The molecule has 0 aliphatic heterocycles. The molecule has 0 saturated heterocycles. The molecule has 0 radical (unpaired) electrons. The first-order valence-corrected chi connectivity index (χ1v) is 25.6. The second kappa shape index (κ2) is 32.1. The van der Waals surface area contributed by atoms with Crippen LogP contribution in [0.25, 0.3) is 0 Å². The molecule has 2 heterocycles. The summed E-state index contributed by atoms with van der Waals surface area (Å²) in [6.07, 6.45) is 20.1. The summed E-state index contributed by atoms with van der Waals surface area (Å²) in [6.45, 7) is 13.4. The van der Waals surface area contributed by atoms with E-state index in [2.05, 4.69) is 34.3 Å². The number of nitrogens with one attached hydrogen (secondary N) is 1. The molecule has 6 rings (SSSR count). The van der Waals surface area contributed by atoms with Crippen LogP contribution in [0.2, 0.25) is 0 Å². The topological polar surface area (TPSA) is 176 Å². The van der Waals surface area contributed by atoms with Crippen molar-refractivity contribution in [1.29, 1.82) is 0 Å². The fraction of sp³-hybridized carbons (Fsp3) is 0.731. The summed E-state index contributed by atoms with van der Waals surface area (Å²) in [6, 6.07) is 7.48. The Bertz CT molecular complexity index is 1790. The number of methoxy groups -OCH3 is 2. The zero-order valence-electron chi connectivity index (χ0n) is 43.0. The molecule has 2 saturated carbocycles. The van der Waals surface area contributed by atoms with Gasteiger partial charge in [-0.3, -0.25) is 19.6 Å². The lowest BCUT2D eigenvalue weighted by Gasteiger charge is -2.35. The number of amides is 3. The van der Waals surface area contributed by atoms with E-state index >= 15 is 0 Å². The van der Waals surface area contributed by atoms with Gasteiger partial charge < -0.3 is 39.8 Å². The highest BCUT2D eigenvalue weighted by atomic mass is 35.5. The van der Waals surface area contributed by atoms with Crippen LogP contribution in [-0.2, 0) is 67.1 Å². The Balaban J connectivity index is 0.000000301. The summed E-state index contributed by atoms with van der Waals surface area (Å²) in [5.41, 5.74) is 13.7. The van der Waals surface area contributed by atoms with Crippen molar-refractivity contribution in [1.82, 2.24) is 25.1 Å². The molecule has 378 valence electrons. The van der Waals surface area contributed by atoms with Crippen molar-refractivity contribution in [3.05, 3.63) is 58.2 Å². The number of aromatic nitrogens is 2. The molecule has 67 heavy (non-hydrogen) atoms. The molecule has 0 bridgehead atoms. The van der Waals surface area contributed by atoms with Crippen molar-refractivity contribution in [3.8, 4) is 0 Å². The van der Waals surface area contributed by atoms with Crippen LogP contribution < -0.4 is 11.1 Å². The third-order valence-corrected chi connectivity index (χ3v) is 13.6. The average molecular weight is 959 g/mol. The van der Waals surface area contributed by atoms with E-state index in [1.165, 1.54) is 93.1 Å². The molecule has 14 nitrogen and oxygen atoms in total. The van der Waals surface area contributed by atoms with Crippen LogP contribution in [0.4, 0.5) is 9.59 Å². The van der Waals surface area contributed by atoms with E-state index in [1.54, 1.807) is 16.7 Å². The zero-order valence-corrected chi connectivity index (χ0v) is 42.7. The molecular formula is C52H85ClN6O8. The number of fused-ring (bicyclic) bond motifs is 2. The number of carbonyl (C=O) groups is 4. The Morgan fingerprint density at radius 2 is 1.15 bits per heavy atom. The van der Waals surface area contributed by atoms with E-state index < -0.39 is 18.1 Å². The Kier molecular flexibility index (Phi) is 26.7. The maximum absolute atomic E-state index is 12.3. The summed E-state index contributed by atoms with van der Waals surface area (Å²) < 4.78 is 27.4. The number of pyridine rings is 2. The second-order valence-corrected chi connectivity index (χ2v) is 18.1. The highest BCUT2D eigenvalue weighted by Gasteiger charge is 2.32. The number of urea groups is 1. The van der Waals surface area contributed by atoms with Crippen LogP contribution in [0.15, 0.2) is 24.3 Å². The number of carbonyl (C=O) groups excluding carboxylic acids is 4. The fourth-order valence-corrected chi connectivity index (χ4v) is 9.17. The van der Waals surface area contributed by atoms with Crippen molar-refractivity contribution >= 4 is 34.9 Å². The molecule has 0 spiro atoms. The van der Waals surface area contributed by atoms with Crippen molar-refractivity contribution in [2.45, 2.75) is 181 Å². The summed E-state index contributed by atoms with van der Waals surface area (Å²) in [5, 5.41) is 2.41. The lowest BCUT2D eigenvalue weighted by molar-refractivity contribution is -0.144. The number of hydrogen-bond acceptors (Lipinski definition) is 11. The monoisotopic (exact) mass is 958 g/mol. The Morgan fingerprint density at radius 1 is 0.716 bits per heavy atom. The maximum Gasteiger partial charge on any atom is 0.328 e. The molecule has 3 N–H and O–H groups in total. The van der Waals surface area contributed by atoms with Gasteiger partial charge in [-0.1, -0.05) is 26.0 Å². The molecule has 3 amide bonds. The predicted octanol–water partition coefficient (Wildman–Crippen LogP) is 8.96. The van der Waals surface area contributed by atoms with Gasteiger partial charge in [-0.05, 0) is 184 Å². The van der Waals surface area contributed by atoms with Gasteiger partial charge in [-0.15, -0.1) is 0 Å². The van der Waals surface area contributed by atoms with Crippen LogP contribution in [0.3, 0.4) is 0 Å². The number of nitrogens with two attached hydrogens (primary N) is 1. The molecular weight excluding hydrogens is 872 g/mol. The normalized spacial score (nSPS) is 19.9. The minimum absolute atomic E-state index is 0.244. The first kappa shape index (κ1) is 55.7. The van der Waals surface area contributed by atoms with Crippen molar-refractivity contribution in [2.24, 2.45) is 17.6 Å². The van der Waals surface area contributed by atoms with Crippen LogP contribution in [0.5, 0.6) is 0 Å². The maximum atomic E-state index is 12.3. The Labute approximate surface area is 408 Å². The number of esters is 2. The van der Waals surface area contributed by atoms with Gasteiger partial charge in [0.2, 0.25) is 0 Å². The number of hydrogen-bond donors (Lipinski definition) is 2. The van der Waals surface area contributed by atoms with Crippen molar-refractivity contribution in [2.75, 3.05) is 53.6 Å². The van der Waals surface area contributed by atoms with Crippen LogP contribution >= 0.6 is 11.6 Å². The highest BCUT2D eigenvalue weighted by molar-refractivity contribution is 6.62. The minimum Gasteiger partial charge on any atom is -0.468 e. The molecule has 2 unspecified atom stereocenters. The summed E-state index contributed by atoms with van der Waals surface area (Å²) >= 11 is 5.13. The number of halogens is 1. The standard InChI is InChI=1S/C25H39N3O4.C20H30N2O3.C5H10ClNO.C2H6/c1-4-28(5-2)25(30)27-23(24(29)31-3)14-15-32-21-16-18(17-21)10-12-20-13-11-19-8-6-7-9-22(19)26-20;1-24-20(23)18(21)10-11-25-17-12-14(13-17)6-8-16-9-7-15-4-2-3-5-19(15)22-16;1-3-7(4-2)5(6)8;1-2/h11,13,18,21,23H,4-10,12,14-17H2,1-3H3,(H,27,30);7,9,14,17-18H,2-6,8,10-13,21H2,1H3;3-4H2,1-2H3;1-2H3/i;;;1D. The first-order valence-electron chi connectivity index (χ1n) is 25.9. The molecule has 0 aromatic carbocycles. The van der Waals surface area contributed by atoms with E-state index in [0.29, 0.717) is 71.2 Å². The van der Waals surface area contributed by atoms with E-state index in [9.17, 15) is 19.2 Å². The summed E-state index contributed by atoms with van der Waals surface area (Å²) in [7, 11) is 2.70. The average Bonchev–Trinajstić information content (AvgIpc) is 3.32. The molecule has 2 atom stereocenters. The number of nitrogens with zero attached hydrogens (tertiary/aromatic N) is 4. The first-order chi connectivity index (χ1) is 32.8. The van der Waals surface area contributed by atoms with Crippen LogP contribution in [0, 0.1) is 11.8 Å². The van der Waals surface area contributed by atoms with Gasteiger partial charge in [0.1, 0.15) is 12.1 Å². The largest absolute Gasteiger partial charge is 0.468 e. The molecule has 15 heteroatoms. The smallest absolute Gasteiger partial charge is 0.328 e. The van der Waals surface area contributed by atoms with Gasteiger partial charge in [0.25, 0.3) is 0 Å². The van der Waals surface area contributed by atoms with Gasteiger partial charge >= 0.3 is 23.3 Å². The van der Waals surface area contributed by atoms with E-state index in [-0.39, 0.29) is 23.5 Å². The van der Waals surface area contributed by atoms with Crippen molar-refractivity contribution in [3.63, 3.8) is 0 Å². The highest BCUT2D eigenvalue weighted by Crippen LogP contribution is 2.35. The van der Waals surface area contributed by atoms with E-state index in [0.717, 1.165) is 63.7 Å². The van der Waals surface area contributed by atoms with Gasteiger partial charge in [0, 0.05) is 70.0 Å². The number of aryl methyl sites for hydroxylation is 6. The lowest BCUT2D eigenvalue weighted by atomic mass is 9.79. The minimum atomic E-state index is -0.681. The van der Waals surface area contributed by atoms with Crippen LogP contribution in [0.1, 0.15) is 154 Å². The van der Waals surface area contributed by atoms with E-state index in [4.69, 9.17) is 42.9 Å². The molecule has 2 fully saturated rings. The van der Waals surface area contributed by atoms with E-state index in [1.807, 2.05) is 27.7 Å². The van der Waals surface area contributed by atoms with Crippen molar-refractivity contribution < 1.29 is 39.5 Å². The van der Waals surface area contributed by atoms with Crippen LogP contribution in [-0.4, -0.2) is 121 Å². The second-order valence-electron chi connectivity index (χ2n) is 17.8. The number of ether oxygens (including phenoxy) is 4. The summed E-state index contributed by atoms with van der Waals surface area (Å²) in [5.74, 6) is 0.611. The summed E-state index contributed by atoms with van der Waals surface area (Å²) in [4.78, 5) is 58.8. The molecule has 4 aliphatic carbocycles. The fourth-order valence-electron chi connectivity index (χ4n) is 8.93. The van der Waals surface area contributed by atoms with Gasteiger partial charge in [0.05, 0.1) is 26.4 Å². The molecule has 2 aromatic rings. The number of rotatable bonds is 21. The predicted molar refractivity (Wildman–Crippen MR) is 265 cm³/mol. The third-order valence-electron chi connectivity index (χ3n) is 13.4. The van der Waals surface area contributed by atoms with Gasteiger partial charge in [-0.25, -0.2) is 9.59 Å².